The van der Waals surface area contributed by atoms with Gasteiger partial charge in [-0.2, -0.15) is 0 Å². The van der Waals surface area contributed by atoms with E-state index in [9.17, 15) is 4.79 Å². The summed E-state index contributed by atoms with van der Waals surface area (Å²) in [6.07, 6.45) is 0.311. The van der Waals surface area contributed by atoms with Crippen LogP contribution in [0, 0.1) is 0 Å². The Morgan fingerprint density at radius 1 is 1.69 bits per heavy atom. The number of hydrogen-bond donors (Lipinski definition) is 2. The molecule has 13 heavy (non-hydrogen) atoms. The number of aliphatic hydroxyl groups is 1. The molecular formula is C9H17NO3. The molecule has 0 amide bonds. The Balaban J connectivity index is 2.40. The van der Waals surface area contributed by atoms with Crippen molar-refractivity contribution in [2.75, 3.05) is 6.54 Å². The van der Waals surface area contributed by atoms with E-state index in [4.69, 9.17) is 6.17 Å². The molecule has 0 aromatic rings. The molecule has 4 heteroatoms. The van der Waals surface area contributed by atoms with Crippen molar-refractivity contribution in [2.45, 2.75) is 44.9 Å². The fraction of sp³-hybridized carbons (Fsp3) is 0.889. The summed E-state index contributed by atoms with van der Waals surface area (Å²) in [5, 5.41) is 7.36. The molecule has 0 aromatic carbocycles. The van der Waals surface area contributed by atoms with E-state index in [0.717, 1.165) is 0 Å². The monoisotopic (exact) mass is 188 g/mol. The van der Waals surface area contributed by atoms with Gasteiger partial charge in [-0.05, 0) is 20.8 Å². The van der Waals surface area contributed by atoms with Crippen molar-refractivity contribution in [1.29, 1.82) is 1.43 Å². The third-order valence-corrected chi connectivity index (χ3v) is 1.78. The highest BCUT2D eigenvalue weighted by molar-refractivity contribution is 5.76. The molecule has 1 fully saturated rings. The number of ether oxygens (including phenoxy) is 1. The van der Waals surface area contributed by atoms with Gasteiger partial charge >= 0.3 is 5.97 Å². The predicted molar refractivity (Wildman–Crippen MR) is 48.3 cm³/mol. The van der Waals surface area contributed by atoms with Gasteiger partial charge in [0, 0.05) is 13.0 Å². The highest BCUT2D eigenvalue weighted by Crippen LogP contribution is 2.13. The molecule has 1 saturated heterocycles. The van der Waals surface area contributed by atoms with Crippen molar-refractivity contribution in [1.82, 2.24) is 5.32 Å². The molecule has 1 aliphatic rings. The van der Waals surface area contributed by atoms with Crippen LogP contribution >= 0.6 is 0 Å². The van der Waals surface area contributed by atoms with Gasteiger partial charge in [-0.15, -0.1) is 0 Å². The van der Waals surface area contributed by atoms with Crippen molar-refractivity contribution in [3.63, 3.8) is 0 Å². The number of nitrogens with one attached hydrogen (secondary N) is 1. The molecule has 0 saturated carbocycles. The van der Waals surface area contributed by atoms with Gasteiger partial charge in [0.1, 0.15) is 11.6 Å². The van der Waals surface area contributed by atoms with Gasteiger partial charge < -0.3 is 15.2 Å². The van der Waals surface area contributed by atoms with E-state index < -0.39 is 5.60 Å². The summed E-state index contributed by atoms with van der Waals surface area (Å²) in [7, 11) is 0. The minimum Gasteiger partial charge on any atom is -0.459 e. The molecule has 1 heterocycles. The van der Waals surface area contributed by atoms with E-state index in [2.05, 4.69) is 10.4 Å². The van der Waals surface area contributed by atoms with Crippen LogP contribution in [0.25, 0.3) is 0 Å². The minimum atomic E-state index is -0.460. The summed E-state index contributed by atoms with van der Waals surface area (Å²) in [5.41, 5.74) is -0.460. The van der Waals surface area contributed by atoms with E-state index in [1.54, 1.807) is 0 Å². The summed E-state index contributed by atoms with van der Waals surface area (Å²) in [4.78, 5) is 11.5. The Labute approximate surface area is 79.8 Å². The van der Waals surface area contributed by atoms with E-state index in [1.807, 2.05) is 20.8 Å². The van der Waals surface area contributed by atoms with E-state index in [-0.39, 0.29) is 18.1 Å². The topological polar surface area (TPSA) is 58.6 Å². The van der Waals surface area contributed by atoms with Gasteiger partial charge in [-0.25, -0.2) is 0 Å². The van der Waals surface area contributed by atoms with Gasteiger partial charge in [0.05, 0.1) is 6.10 Å². The average Bonchev–Trinajstić information content (AvgIpc) is 2.48. The Bertz CT molecular complexity index is 215. The highest BCUT2D eigenvalue weighted by atomic mass is 16.6. The summed E-state index contributed by atoms with van der Waals surface area (Å²) in [6.45, 7) is 6.03. The van der Waals surface area contributed by atoms with Gasteiger partial charge in [0.25, 0.3) is 0 Å². The largest absolute Gasteiger partial charge is 0.459 e. The molecule has 0 unspecified atom stereocenters. The van der Waals surface area contributed by atoms with Gasteiger partial charge in [0.2, 0.25) is 1.43 Å². The highest BCUT2D eigenvalue weighted by Gasteiger charge is 2.31. The molecule has 76 valence electrons. The van der Waals surface area contributed by atoms with Crippen LogP contribution in [-0.2, 0) is 9.53 Å². The SMILES string of the molecule is [2H]O[C@@H]1CN[C@H](C(=O)OC(C)(C)C)C1. The van der Waals surface area contributed by atoms with Crippen molar-refractivity contribution in [3.8, 4) is 0 Å². The average molecular weight is 188 g/mol. The second-order valence-corrected chi connectivity index (χ2v) is 4.35. The zero-order valence-electron chi connectivity index (χ0n) is 9.29. The Morgan fingerprint density at radius 3 is 2.85 bits per heavy atom. The number of rotatable bonds is 2. The molecule has 4 nitrogen and oxygen atoms in total. The molecule has 0 spiro atoms. The quantitative estimate of drug-likeness (QED) is 0.601. The summed E-state index contributed by atoms with van der Waals surface area (Å²) >= 11 is 0. The first-order chi connectivity index (χ1) is 6.42. The van der Waals surface area contributed by atoms with Crippen LogP contribution in [0.1, 0.15) is 27.2 Å². The fourth-order valence-corrected chi connectivity index (χ4v) is 1.26. The third-order valence-electron chi connectivity index (χ3n) is 1.78. The van der Waals surface area contributed by atoms with Crippen molar-refractivity contribution >= 4 is 5.97 Å². The zero-order valence-corrected chi connectivity index (χ0v) is 8.29. The predicted octanol–water partition coefficient (Wildman–Crippen LogP) is 0.0509. The number of β-amino-alcohol motifs (C(OH)–C–C–N with tert-alkyl or cyclic N) is 1. The molecule has 0 radical (unpaired) electrons. The van der Waals surface area contributed by atoms with E-state index >= 15 is 0 Å². The van der Waals surface area contributed by atoms with Crippen molar-refractivity contribution in [2.24, 2.45) is 0 Å². The number of esters is 1. The molecule has 1 aliphatic heterocycles. The van der Waals surface area contributed by atoms with Gasteiger partial charge in [0.15, 0.2) is 0 Å². The first-order valence-corrected chi connectivity index (χ1v) is 4.50. The molecule has 2 N–H and O–H groups in total. The molecule has 0 aromatic heterocycles. The van der Waals surface area contributed by atoms with Crippen LogP contribution in [0.5, 0.6) is 0 Å². The standard InChI is InChI=1S/C9H17NO3/c1-9(2,3)13-8(12)7-4-6(11)5-10-7/h6-7,10-11H,4-5H2,1-3H3/t6-,7-/m0/s1/i11D. The third kappa shape index (κ3) is 3.32. The van der Waals surface area contributed by atoms with Crippen LogP contribution in [0.2, 0.25) is 0 Å². The van der Waals surface area contributed by atoms with Crippen LogP contribution < -0.4 is 5.32 Å². The maximum absolute atomic E-state index is 11.5. The second kappa shape index (κ2) is 3.64. The molecular weight excluding hydrogens is 170 g/mol. The summed E-state index contributed by atoms with van der Waals surface area (Å²) in [6, 6.07) is -0.329. The Morgan fingerprint density at radius 2 is 2.38 bits per heavy atom. The smallest absolute Gasteiger partial charge is 0.323 e. The normalized spacial score (nSPS) is 29.9. The molecule has 0 aliphatic carbocycles. The number of hydrogen-bond acceptors (Lipinski definition) is 4. The van der Waals surface area contributed by atoms with Crippen LogP contribution in [0.3, 0.4) is 0 Å². The maximum Gasteiger partial charge on any atom is 0.323 e. The lowest BCUT2D eigenvalue weighted by Crippen LogP contribution is -2.37. The second-order valence-electron chi connectivity index (χ2n) is 4.35. The van der Waals surface area contributed by atoms with Crippen molar-refractivity contribution < 1.29 is 14.6 Å². The summed E-state index contributed by atoms with van der Waals surface area (Å²) < 4.78 is 11.9. The number of carbonyl (C=O) groups is 1. The Kier molecular flexibility index (Phi) is 2.51. The van der Waals surface area contributed by atoms with E-state index in [1.165, 1.54) is 0 Å². The molecule has 0 bridgehead atoms. The Hall–Kier alpha value is -0.610. The lowest BCUT2D eigenvalue weighted by molar-refractivity contribution is -0.157. The zero-order chi connectivity index (χ0) is 10.8. The van der Waals surface area contributed by atoms with Crippen molar-refractivity contribution in [3.05, 3.63) is 0 Å². The lowest BCUT2D eigenvalue weighted by Gasteiger charge is -2.21. The first-order valence-electron chi connectivity index (χ1n) is 4.91. The van der Waals surface area contributed by atoms with Gasteiger partial charge in [-0.1, -0.05) is 0 Å². The molecule has 1 rings (SSSR count). The minimum absolute atomic E-state index is 0.201. The van der Waals surface area contributed by atoms with Gasteiger partial charge in [-0.3, -0.25) is 4.79 Å². The van der Waals surface area contributed by atoms with E-state index in [0.29, 0.717) is 13.0 Å². The number of carbonyl (C=O) groups excluding carboxylic acids is 1. The number of aliphatic hydroxyl groups excluding tert-OH is 1. The first kappa shape index (κ1) is 8.97. The fourth-order valence-electron chi connectivity index (χ4n) is 1.26. The lowest BCUT2D eigenvalue weighted by atomic mass is 10.1. The van der Waals surface area contributed by atoms with Crippen LogP contribution in [0.4, 0.5) is 0 Å². The molecule has 2 atom stereocenters. The summed E-state index contributed by atoms with van der Waals surface area (Å²) in [5.74, 6) is -0.267. The maximum atomic E-state index is 11.5. The van der Waals surface area contributed by atoms with Crippen LogP contribution in [0.15, 0.2) is 0 Å². The van der Waals surface area contributed by atoms with Crippen LogP contribution in [-0.4, -0.2) is 36.8 Å².